The number of aliphatic hydroxyl groups excluding tert-OH is 2. The van der Waals surface area contributed by atoms with Gasteiger partial charge in [-0.05, 0) is 24.5 Å². The summed E-state index contributed by atoms with van der Waals surface area (Å²) in [6, 6.07) is 8.08. The van der Waals surface area contributed by atoms with E-state index in [4.69, 9.17) is 5.11 Å². The Balaban J connectivity index is 2.14. The lowest BCUT2D eigenvalue weighted by Gasteiger charge is -2.05. The van der Waals surface area contributed by atoms with E-state index < -0.39 is 6.10 Å². The largest absolute Gasteiger partial charge is 0.394 e. The first-order valence-electron chi connectivity index (χ1n) is 5.15. The van der Waals surface area contributed by atoms with Gasteiger partial charge in [-0.15, -0.1) is 0 Å². The molecule has 0 spiro atoms. The van der Waals surface area contributed by atoms with Crippen LogP contribution in [0.2, 0.25) is 0 Å². The third kappa shape index (κ3) is 2.19. The molecule has 0 saturated heterocycles. The van der Waals surface area contributed by atoms with E-state index in [-0.39, 0.29) is 6.61 Å². The molecule has 2 aromatic rings. The molecular weight excluding hydrogens is 190 g/mol. The fraction of sp³-hybridized carbons (Fsp3) is 0.333. The van der Waals surface area contributed by atoms with E-state index in [1.807, 2.05) is 24.4 Å². The maximum absolute atomic E-state index is 9.27. The molecule has 3 nitrogen and oxygen atoms in total. The Bertz CT molecular complexity index is 436. The molecule has 1 heterocycles. The van der Waals surface area contributed by atoms with Gasteiger partial charge in [-0.25, -0.2) is 0 Å². The van der Waals surface area contributed by atoms with Crippen molar-refractivity contribution in [2.75, 3.05) is 6.61 Å². The predicted octanol–water partition coefficient (Wildman–Crippen LogP) is 1.45. The number of rotatable bonds is 4. The average molecular weight is 205 g/mol. The number of H-pyrrole nitrogens is 1. The Morgan fingerprint density at radius 3 is 2.87 bits per heavy atom. The van der Waals surface area contributed by atoms with E-state index in [0.717, 1.165) is 11.9 Å². The average Bonchev–Trinajstić information content (AvgIpc) is 2.69. The minimum atomic E-state index is -0.612. The summed E-state index contributed by atoms with van der Waals surface area (Å²) in [4.78, 5) is 3.19. The van der Waals surface area contributed by atoms with E-state index >= 15 is 0 Å². The summed E-state index contributed by atoms with van der Waals surface area (Å²) in [6.07, 6.45) is 2.73. The van der Waals surface area contributed by atoms with E-state index in [9.17, 15) is 5.11 Å². The molecular formula is C12H15NO2. The van der Waals surface area contributed by atoms with Crippen LogP contribution in [0, 0.1) is 0 Å². The molecule has 15 heavy (non-hydrogen) atoms. The van der Waals surface area contributed by atoms with Crippen molar-refractivity contribution >= 4 is 10.9 Å². The van der Waals surface area contributed by atoms with Crippen LogP contribution in [-0.4, -0.2) is 27.9 Å². The van der Waals surface area contributed by atoms with E-state index in [1.54, 1.807) is 0 Å². The number of hydrogen-bond donors (Lipinski definition) is 3. The van der Waals surface area contributed by atoms with Crippen molar-refractivity contribution in [2.45, 2.75) is 18.9 Å². The number of nitrogens with one attached hydrogen (secondary N) is 1. The number of aromatic nitrogens is 1. The Morgan fingerprint density at radius 2 is 2.07 bits per heavy atom. The molecule has 80 valence electrons. The summed E-state index contributed by atoms with van der Waals surface area (Å²) in [7, 11) is 0. The lowest BCUT2D eigenvalue weighted by Crippen LogP contribution is -2.12. The molecule has 3 heteroatoms. The second-order valence-corrected chi connectivity index (χ2v) is 3.73. The second kappa shape index (κ2) is 4.47. The molecule has 0 radical (unpaired) electrons. The highest BCUT2D eigenvalue weighted by molar-refractivity contribution is 5.82. The van der Waals surface area contributed by atoms with Crippen molar-refractivity contribution in [3.05, 3.63) is 36.0 Å². The first-order chi connectivity index (χ1) is 7.31. The fourth-order valence-corrected chi connectivity index (χ4v) is 1.75. The van der Waals surface area contributed by atoms with Gasteiger partial charge in [0.05, 0.1) is 12.7 Å². The van der Waals surface area contributed by atoms with Crippen molar-refractivity contribution in [2.24, 2.45) is 0 Å². The van der Waals surface area contributed by atoms with Gasteiger partial charge < -0.3 is 15.2 Å². The lowest BCUT2D eigenvalue weighted by molar-refractivity contribution is 0.0886. The van der Waals surface area contributed by atoms with Crippen molar-refractivity contribution in [1.29, 1.82) is 0 Å². The monoisotopic (exact) mass is 205 g/mol. The maximum atomic E-state index is 9.27. The quantitative estimate of drug-likeness (QED) is 0.707. The molecule has 0 unspecified atom stereocenters. The molecule has 0 aliphatic heterocycles. The van der Waals surface area contributed by atoms with Gasteiger partial charge in [0.25, 0.3) is 0 Å². The van der Waals surface area contributed by atoms with Gasteiger partial charge in [0.2, 0.25) is 0 Å². The highest BCUT2D eigenvalue weighted by Crippen LogP contribution is 2.19. The van der Waals surface area contributed by atoms with E-state index in [0.29, 0.717) is 6.42 Å². The Hall–Kier alpha value is -1.32. The predicted molar refractivity (Wildman–Crippen MR) is 59.7 cm³/mol. The summed E-state index contributed by atoms with van der Waals surface area (Å²) in [5.74, 6) is 0. The number of benzene rings is 1. The van der Waals surface area contributed by atoms with Crippen LogP contribution in [0.25, 0.3) is 10.9 Å². The van der Waals surface area contributed by atoms with Gasteiger partial charge in [0, 0.05) is 17.1 Å². The SMILES string of the molecule is OC[C@@H](O)CCc1c[nH]c2ccccc12. The first kappa shape index (κ1) is 10.2. The number of aliphatic hydroxyl groups is 2. The van der Waals surface area contributed by atoms with Crippen LogP contribution in [0.3, 0.4) is 0 Å². The van der Waals surface area contributed by atoms with E-state index in [1.165, 1.54) is 10.9 Å². The minimum Gasteiger partial charge on any atom is -0.394 e. The third-order valence-electron chi connectivity index (χ3n) is 2.63. The van der Waals surface area contributed by atoms with Crippen molar-refractivity contribution < 1.29 is 10.2 Å². The highest BCUT2D eigenvalue weighted by Gasteiger charge is 2.06. The van der Waals surface area contributed by atoms with Gasteiger partial charge in [-0.1, -0.05) is 18.2 Å². The first-order valence-corrected chi connectivity index (χ1v) is 5.15. The van der Waals surface area contributed by atoms with Gasteiger partial charge in [-0.2, -0.15) is 0 Å². The molecule has 1 atom stereocenters. The van der Waals surface area contributed by atoms with Gasteiger partial charge >= 0.3 is 0 Å². The molecule has 0 fully saturated rings. The number of aryl methyl sites for hydroxylation is 1. The zero-order valence-corrected chi connectivity index (χ0v) is 8.48. The molecule has 0 saturated carbocycles. The van der Waals surface area contributed by atoms with Crippen LogP contribution in [0.4, 0.5) is 0 Å². The molecule has 0 aliphatic carbocycles. The third-order valence-corrected chi connectivity index (χ3v) is 2.63. The molecule has 1 aromatic heterocycles. The smallest absolute Gasteiger partial charge is 0.0774 e. The standard InChI is InChI=1S/C12H15NO2/c14-8-10(15)6-5-9-7-13-12-4-2-1-3-11(9)12/h1-4,7,10,13-15H,5-6,8H2/t10-/m0/s1. The molecule has 0 bridgehead atoms. The van der Waals surface area contributed by atoms with Crippen molar-refractivity contribution in [3.63, 3.8) is 0 Å². The fourth-order valence-electron chi connectivity index (χ4n) is 1.75. The topological polar surface area (TPSA) is 56.2 Å². The molecule has 0 aliphatic rings. The van der Waals surface area contributed by atoms with Gasteiger partial charge in [-0.3, -0.25) is 0 Å². The van der Waals surface area contributed by atoms with Crippen molar-refractivity contribution in [3.8, 4) is 0 Å². The van der Waals surface area contributed by atoms with Crippen LogP contribution < -0.4 is 0 Å². The van der Waals surface area contributed by atoms with Crippen molar-refractivity contribution in [1.82, 2.24) is 4.98 Å². The highest BCUT2D eigenvalue weighted by atomic mass is 16.3. The number of para-hydroxylation sites is 1. The number of aromatic amines is 1. The van der Waals surface area contributed by atoms with Crippen LogP contribution >= 0.6 is 0 Å². The normalized spacial score (nSPS) is 13.2. The zero-order valence-electron chi connectivity index (χ0n) is 8.48. The Labute approximate surface area is 88.4 Å². The lowest BCUT2D eigenvalue weighted by atomic mass is 10.1. The minimum absolute atomic E-state index is 0.164. The Kier molecular flexibility index (Phi) is 3.04. The van der Waals surface area contributed by atoms with Gasteiger partial charge in [0.1, 0.15) is 0 Å². The summed E-state index contributed by atoms with van der Waals surface area (Å²) in [5.41, 5.74) is 2.31. The molecule has 1 aromatic carbocycles. The van der Waals surface area contributed by atoms with E-state index in [2.05, 4.69) is 11.1 Å². The van der Waals surface area contributed by atoms with Crippen LogP contribution in [0.1, 0.15) is 12.0 Å². The summed E-state index contributed by atoms with van der Waals surface area (Å²) in [6.45, 7) is -0.164. The zero-order chi connectivity index (χ0) is 10.7. The summed E-state index contributed by atoms with van der Waals surface area (Å²) >= 11 is 0. The molecule has 0 amide bonds. The molecule has 3 N–H and O–H groups in total. The van der Waals surface area contributed by atoms with Crippen LogP contribution in [-0.2, 0) is 6.42 Å². The van der Waals surface area contributed by atoms with Crippen LogP contribution in [0.5, 0.6) is 0 Å². The second-order valence-electron chi connectivity index (χ2n) is 3.73. The number of fused-ring (bicyclic) bond motifs is 1. The number of hydrogen-bond acceptors (Lipinski definition) is 2. The summed E-state index contributed by atoms with van der Waals surface area (Å²) < 4.78 is 0. The molecule has 2 rings (SSSR count). The maximum Gasteiger partial charge on any atom is 0.0774 e. The Morgan fingerprint density at radius 1 is 1.27 bits per heavy atom. The van der Waals surface area contributed by atoms with Crippen LogP contribution in [0.15, 0.2) is 30.5 Å². The van der Waals surface area contributed by atoms with Gasteiger partial charge in [0.15, 0.2) is 0 Å². The summed E-state index contributed by atoms with van der Waals surface area (Å²) in [5, 5.41) is 19.2.